The van der Waals surface area contributed by atoms with E-state index >= 15 is 0 Å². The van der Waals surface area contributed by atoms with Crippen molar-refractivity contribution in [3.05, 3.63) is 54.4 Å². The number of halogens is 3. The van der Waals surface area contributed by atoms with Gasteiger partial charge in [0.1, 0.15) is 17.8 Å². The van der Waals surface area contributed by atoms with Crippen LogP contribution >= 0.6 is 0 Å². The lowest BCUT2D eigenvalue weighted by Gasteiger charge is -2.35. The Morgan fingerprint density at radius 2 is 1.89 bits per heavy atom. The van der Waals surface area contributed by atoms with Gasteiger partial charge in [0.15, 0.2) is 0 Å². The third-order valence-electron chi connectivity index (χ3n) is 5.54. The summed E-state index contributed by atoms with van der Waals surface area (Å²) in [6, 6.07) is 5.18. The van der Waals surface area contributed by atoms with Gasteiger partial charge in [0.05, 0.1) is 11.7 Å². The van der Waals surface area contributed by atoms with E-state index in [9.17, 15) is 13.2 Å². The third-order valence-corrected chi connectivity index (χ3v) is 5.54. The topological polar surface area (TPSA) is 58.0 Å². The lowest BCUT2D eigenvalue weighted by Crippen LogP contribution is -2.46. The van der Waals surface area contributed by atoms with Gasteiger partial charge >= 0.3 is 6.18 Å². The largest absolute Gasteiger partial charge is 0.433 e. The van der Waals surface area contributed by atoms with Gasteiger partial charge in [0.2, 0.25) is 0 Å². The molecule has 2 unspecified atom stereocenters. The number of pyridine rings is 2. The molecule has 2 bridgehead atoms. The molecule has 0 N–H and O–H groups in total. The van der Waals surface area contributed by atoms with Crippen LogP contribution in [0.3, 0.4) is 0 Å². The summed E-state index contributed by atoms with van der Waals surface area (Å²) < 4.78 is 38.0. The molecule has 2 aliphatic heterocycles. The van der Waals surface area contributed by atoms with Crippen LogP contribution < -0.4 is 4.90 Å². The Kier molecular flexibility index (Phi) is 3.94. The maximum absolute atomic E-state index is 12.7. The summed E-state index contributed by atoms with van der Waals surface area (Å²) in [4.78, 5) is 21.1. The number of rotatable bonds is 3. The Balaban J connectivity index is 1.31. The molecule has 0 spiro atoms. The molecule has 0 aliphatic carbocycles. The predicted octanol–water partition coefficient (Wildman–Crippen LogP) is 2.90. The van der Waals surface area contributed by atoms with E-state index in [1.54, 1.807) is 18.7 Å². The van der Waals surface area contributed by atoms with Gasteiger partial charge in [0.25, 0.3) is 0 Å². The number of nitrogens with zero attached hydrogens (tertiary/aromatic N) is 6. The molecule has 2 aliphatic rings. The van der Waals surface area contributed by atoms with Crippen molar-refractivity contribution in [2.45, 2.75) is 31.2 Å². The fraction of sp³-hybridized carbons (Fsp3) is 0.368. The average molecular weight is 386 g/mol. The molecule has 28 heavy (non-hydrogen) atoms. The van der Waals surface area contributed by atoms with Gasteiger partial charge in [-0.1, -0.05) is 6.07 Å². The van der Waals surface area contributed by atoms with Crippen molar-refractivity contribution in [3.63, 3.8) is 0 Å². The van der Waals surface area contributed by atoms with Gasteiger partial charge in [0, 0.05) is 49.5 Å². The first-order valence-electron chi connectivity index (χ1n) is 9.06. The number of hydrogen-bond donors (Lipinski definition) is 0. The van der Waals surface area contributed by atoms with Crippen molar-refractivity contribution in [3.8, 4) is 0 Å². The zero-order chi connectivity index (χ0) is 19.3. The second kappa shape index (κ2) is 6.37. The number of hydrogen-bond acceptors (Lipinski definition) is 6. The van der Waals surface area contributed by atoms with E-state index in [4.69, 9.17) is 0 Å². The van der Waals surface area contributed by atoms with Gasteiger partial charge in [-0.25, -0.2) is 9.97 Å². The van der Waals surface area contributed by atoms with E-state index in [1.165, 1.54) is 12.3 Å². The Labute approximate surface area is 159 Å². The molecule has 0 aromatic carbocycles. The predicted molar refractivity (Wildman–Crippen MR) is 96.5 cm³/mol. The standard InChI is InChI=1S/C19H17F3N6/c20-19(21,22)17-2-1-12(6-24-17)8-27-9-14-5-13(27)10-28(14)18-15-3-4-23-7-16(15)25-11-26-18/h1-4,6-7,11,13-14H,5,8-10H2. The molecule has 2 saturated heterocycles. The summed E-state index contributed by atoms with van der Waals surface area (Å²) >= 11 is 0. The minimum atomic E-state index is -4.40. The van der Waals surface area contributed by atoms with Crippen LogP contribution in [0.5, 0.6) is 0 Å². The molecule has 3 aromatic rings. The van der Waals surface area contributed by atoms with Crippen molar-refractivity contribution >= 4 is 16.7 Å². The molecule has 9 heteroatoms. The van der Waals surface area contributed by atoms with Crippen LogP contribution in [0.2, 0.25) is 0 Å². The Morgan fingerprint density at radius 1 is 1.00 bits per heavy atom. The van der Waals surface area contributed by atoms with E-state index in [0.717, 1.165) is 47.9 Å². The van der Waals surface area contributed by atoms with E-state index in [2.05, 4.69) is 29.7 Å². The highest BCUT2D eigenvalue weighted by molar-refractivity contribution is 5.88. The molecule has 144 valence electrons. The highest BCUT2D eigenvalue weighted by Crippen LogP contribution is 2.37. The molecule has 5 rings (SSSR count). The maximum atomic E-state index is 12.7. The molecule has 5 heterocycles. The van der Waals surface area contributed by atoms with Gasteiger partial charge in [-0.3, -0.25) is 14.9 Å². The van der Waals surface area contributed by atoms with Crippen molar-refractivity contribution in [2.24, 2.45) is 0 Å². The van der Waals surface area contributed by atoms with Crippen molar-refractivity contribution in [1.82, 2.24) is 24.8 Å². The monoisotopic (exact) mass is 386 g/mol. The number of piperazine rings is 1. The van der Waals surface area contributed by atoms with Crippen molar-refractivity contribution in [2.75, 3.05) is 18.0 Å². The van der Waals surface area contributed by atoms with Crippen LogP contribution in [0, 0.1) is 0 Å². The summed E-state index contributed by atoms with van der Waals surface area (Å²) in [7, 11) is 0. The van der Waals surface area contributed by atoms with E-state index in [-0.39, 0.29) is 0 Å². The SMILES string of the molecule is FC(F)(F)c1ccc(CN2CC3CC2CN3c2ncnc3cnccc23)cn1. The first-order chi connectivity index (χ1) is 13.5. The van der Waals surface area contributed by atoms with Gasteiger partial charge in [-0.05, 0) is 24.1 Å². The maximum Gasteiger partial charge on any atom is 0.433 e. The number of aromatic nitrogens is 4. The number of anilines is 1. The zero-order valence-corrected chi connectivity index (χ0v) is 14.8. The lowest BCUT2D eigenvalue weighted by atomic mass is 10.2. The Morgan fingerprint density at radius 3 is 2.61 bits per heavy atom. The minimum Gasteiger partial charge on any atom is -0.350 e. The van der Waals surface area contributed by atoms with E-state index in [0.29, 0.717) is 18.6 Å². The van der Waals surface area contributed by atoms with Crippen LogP contribution in [0.4, 0.5) is 19.0 Å². The summed E-state index contributed by atoms with van der Waals surface area (Å²) in [5.74, 6) is 0.927. The fourth-order valence-corrected chi connectivity index (χ4v) is 4.24. The molecule has 3 aromatic heterocycles. The van der Waals surface area contributed by atoms with Gasteiger partial charge in [-0.2, -0.15) is 13.2 Å². The van der Waals surface area contributed by atoms with E-state index < -0.39 is 11.9 Å². The molecule has 2 fully saturated rings. The van der Waals surface area contributed by atoms with Crippen LogP contribution in [-0.2, 0) is 12.7 Å². The summed E-state index contributed by atoms with van der Waals surface area (Å²) in [6.07, 6.45) is 2.99. The van der Waals surface area contributed by atoms with Crippen LogP contribution in [0.15, 0.2) is 43.1 Å². The molecule has 0 radical (unpaired) electrons. The first kappa shape index (κ1) is 17.3. The average Bonchev–Trinajstić information content (AvgIpc) is 3.27. The first-order valence-corrected chi connectivity index (χ1v) is 9.06. The Bertz CT molecular complexity index is 1000. The summed E-state index contributed by atoms with van der Waals surface area (Å²) in [6.45, 7) is 2.30. The Hall–Kier alpha value is -2.81. The third kappa shape index (κ3) is 2.95. The minimum absolute atomic E-state index is 0.332. The van der Waals surface area contributed by atoms with Crippen molar-refractivity contribution < 1.29 is 13.2 Å². The molecular weight excluding hydrogens is 369 g/mol. The molecule has 0 amide bonds. The van der Waals surface area contributed by atoms with Gasteiger partial charge < -0.3 is 4.90 Å². The highest BCUT2D eigenvalue weighted by Gasteiger charge is 2.44. The quantitative estimate of drug-likeness (QED) is 0.690. The molecule has 6 nitrogen and oxygen atoms in total. The highest BCUT2D eigenvalue weighted by atomic mass is 19.4. The van der Waals surface area contributed by atoms with Crippen LogP contribution in [-0.4, -0.2) is 50.0 Å². The van der Waals surface area contributed by atoms with Gasteiger partial charge in [-0.15, -0.1) is 0 Å². The number of alkyl halides is 3. The molecule has 2 atom stereocenters. The number of fused-ring (bicyclic) bond motifs is 3. The summed E-state index contributed by atoms with van der Waals surface area (Å²) in [5, 5.41) is 0.989. The van der Waals surface area contributed by atoms with Crippen LogP contribution in [0.25, 0.3) is 10.9 Å². The van der Waals surface area contributed by atoms with Crippen molar-refractivity contribution in [1.29, 1.82) is 0 Å². The molecular formula is C19H17F3N6. The van der Waals surface area contributed by atoms with Crippen LogP contribution in [0.1, 0.15) is 17.7 Å². The van der Waals surface area contributed by atoms with E-state index in [1.807, 2.05) is 6.07 Å². The normalized spacial score (nSPS) is 22.3. The smallest absolute Gasteiger partial charge is 0.350 e. The lowest BCUT2D eigenvalue weighted by molar-refractivity contribution is -0.141. The fourth-order valence-electron chi connectivity index (χ4n) is 4.24. The number of likely N-dealkylation sites (tertiary alicyclic amines) is 1. The second-order valence-corrected chi connectivity index (χ2v) is 7.26. The second-order valence-electron chi connectivity index (χ2n) is 7.26. The summed E-state index contributed by atoms with van der Waals surface area (Å²) in [5.41, 5.74) is 0.768. The molecule has 0 saturated carbocycles. The zero-order valence-electron chi connectivity index (χ0n) is 14.8.